The molecule has 1 N–H and O–H groups in total. The highest BCUT2D eigenvalue weighted by Crippen LogP contribution is 2.39. The van der Waals surface area contributed by atoms with Crippen LogP contribution in [0.5, 0.6) is 11.5 Å². The molecule has 138 valence electrons. The van der Waals surface area contributed by atoms with Crippen LogP contribution >= 0.6 is 0 Å². The summed E-state index contributed by atoms with van der Waals surface area (Å²) in [6.45, 7) is 3.86. The molecule has 6 nitrogen and oxygen atoms in total. The lowest BCUT2D eigenvalue weighted by atomic mass is 9.97. The number of carbonyl (C=O) groups is 1. The van der Waals surface area contributed by atoms with Crippen molar-refractivity contribution in [2.24, 2.45) is 0 Å². The summed E-state index contributed by atoms with van der Waals surface area (Å²) in [5, 5.41) is 10.3. The van der Waals surface area contributed by atoms with Gasteiger partial charge in [-0.25, -0.2) is 0 Å². The van der Waals surface area contributed by atoms with Gasteiger partial charge in [-0.05, 0) is 54.8 Å². The number of ether oxygens (including phenoxy) is 1. The third kappa shape index (κ3) is 2.40. The highest BCUT2D eigenvalue weighted by Gasteiger charge is 2.41. The molecule has 27 heavy (non-hydrogen) atoms. The van der Waals surface area contributed by atoms with E-state index in [4.69, 9.17) is 9.15 Å². The van der Waals surface area contributed by atoms with Crippen molar-refractivity contribution in [2.75, 3.05) is 14.2 Å². The largest absolute Gasteiger partial charge is 0.504 e. The van der Waals surface area contributed by atoms with E-state index >= 15 is 0 Å². The molecular weight excluding hydrogens is 346 g/mol. The summed E-state index contributed by atoms with van der Waals surface area (Å²) < 4.78 is 11.0. The summed E-state index contributed by atoms with van der Waals surface area (Å²) in [7, 11) is 3.08. The van der Waals surface area contributed by atoms with Gasteiger partial charge in [-0.15, -0.1) is 0 Å². The summed E-state index contributed by atoms with van der Waals surface area (Å²) in [4.78, 5) is 27.5. The summed E-state index contributed by atoms with van der Waals surface area (Å²) in [6, 6.07) is 7.77. The van der Waals surface area contributed by atoms with Crippen LogP contribution in [0.15, 0.2) is 39.5 Å². The number of aryl methyl sites for hydroxylation is 2. The van der Waals surface area contributed by atoms with Crippen LogP contribution in [0.3, 0.4) is 0 Å². The number of phenolic OH excluding ortho intramolecular Hbond substituents is 1. The van der Waals surface area contributed by atoms with Gasteiger partial charge in [-0.3, -0.25) is 9.59 Å². The Bertz CT molecular complexity index is 1160. The van der Waals surface area contributed by atoms with Gasteiger partial charge in [0.05, 0.1) is 24.1 Å². The Morgan fingerprint density at radius 2 is 1.81 bits per heavy atom. The number of phenols is 1. The molecule has 4 rings (SSSR count). The minimum atomic E-state index is -0.607. The number of benzene rings is 2. The zero-order valence-corrected chi connectivity index (χ0v) is 15.5. The molecule has 0 spiro atoms. The van der Waals surface area contributed by atoms with Crippen molar-refractivity contribution in [1.82, 2.24) is 4.90 Å². The zero-order valence-electron chi connectivity index (χ0n) is 15.5. The minimum absolute atomic E-state index is 0.00917. The summed E-state index contributed by atoms with van der Waals surface area (Å²) in [5.41, 5.74) is 3.14. The third-order valence-electron chi connectivity index (χ3n) is 5.24. The number of hydrogen-bond acceptors (Lipinski definition) is 5. The van der Waals surface area contributed by atoms with Gasteiger partial charge in [0.1, 0.15) is 5.58 Å². The van der Waals surface area contributed by atoms with E-state index in [1.165, 1.54) is 18.1 Å². The van der Waals surface area contributed by atoms with Crippen molar-refractivity contribution < 1.29 is 19.1 Å². The molecule has 0 fully saturated rings. The zero-order chi connectivity index (χ0) is 19.5. The van der Waals surface area contributed by atoms with Crippen LogP contribution in [0.1, 0.15) is 38.9 Å². The number of fused-ring (bicyclic) bond motifs is 2. The third-order valence-corrected chi connectivity index (χ3v) is 5.24. The Morgan fingerprint density at radius 1 is 1.11 bits per heavy atom. The lowest BCUT2D eigenvalue weighted by Gasteiger charge is -2.21. The van der Waals surface area contributed by atoms with Crippen LogP contribution in [0.25, 0.3) is 11.0 Å². The Hall–Kier alpha value is -3.28. The normalized spacial score (nSPS) is 16.1. The van der Waals surface area contributed by atoms with Crippen LogP contribution in [0.4, 0.5) is 0 Å². The van der Waals surface area contributed by atoms with Gasteiger partial charge in [0.15, 0.2) is 16.9 Å². The molecule has 1 amide bonds. The molecule has 1 aliphatic heterocycles. The first-order valence-electron chi connectivity index (χ1n) is 8.55. The molecule has 1 unspecified atom stereocenters. The van der Waals surface area contributed by atoms with Gasteiger partial charge >= 0.3 is 0 Å². The van der Waals surface area contributed by atoms with Crippen molar-refractivity contribution >= 4 is 16.9 Å². The fraction of sp³-hybridized carbons (Fsp3) is 0.238. The highest BCUT2D eigenvalue weighted by molar-refractivity contribution is 5.99. The van der Waals surface area contributed by atoms with Gasteiger partial charge in [0.2, 0.25) is 5.76 Å². The Morgan fingerprint density at radius 3 is 2.52 bits per heavy atom. The Kier molecular flexibility index (Phi) is 3.73. The number of hydrogen-bond donors (Lipinski definition) is 1. The van der Waals surface area contributed by atoms with E-state index in [0.717, 1.165) is 11.1 Å². The minimum Gasteiger partial charge on any atom is -0.504 e. The van der Waals surface area contributed by atoms with E-state index in [1.54, 1.807) is 31.3 Å². The molecule has 1 atom stereocenters. The number of aromatic hydroxyl groups is 1. The van der Waals surface area contributed by atoms with Crippen LogP contribution in [0.2, 0.25) is 0 Å². The number of methoxy groups -OCH3 is 1. The molecule has 2 aromatic carbocycles. The maximum Gasteiger partial charge on any atom is 0.290 e. The average Bonchev–Trinajstić information content (AvgIpc) is 2.89. The Labute approximate surface area is 155 Å². The quantitative estimate of drug-likeness (QED) is 0.754. The fourth-order valence-electron chi connectivity index (χ4n) is 3.60. The van der Waals surface area contributed by atoms with E-state index in [9.17, 15) is 14.7 Å². The van der Waals surface area contributed by atoms with Crippen LogP contribution < -0.4 is 10.2 Å². The lowest BCUT2D eigenvalue weighted by molar-refractivity contribution is 0.0771. The van der Waals surface area contributed by atoms with Crippen molar-refractivity contribution in [3.05, 3.63) is 68.6 Å². The first-order chi connectivity index (χ1) is 12.8. The van der Waals surface area contributed by atoms with E-state index in [-0.39, 0.29) is 28.6 Å². The van der Waals surface area contributed by atoms with Crippen molar-refractivity contribution in [3.8, 4) is 11.5 Å². The summed E-state index contributed by atoms with van der Waals surface area (Å²) >= 11 is 0. The molecule has 0 saturated heterocycles. The molecular formula is C21H19NO5. The van der Waals surface area contributed by atoms with Crippen molar-refractivity contribution in [2.45, 2.75) is 19.9 Å². The van der Waals surface area contributed by atoms with E-state index < -0.39 is 6.04 Å². The van der Waals surface area contributed by atoms with Gasteiger partial charge in [0.25, 0.3) is 5.91 Å². The first-order valence-corrected chi connectivity index (χ1v) is 8.55. The monoisotopic (exact) mass is 365 g/mol. The maximum absolute atomic E-state index is 13.3. The number of nitrogens with zero attached hydrogens (tertiary/aromatic N) is 1. The van der Waals surface area contributed by atoms with Crippen LogP contribution in [-0.2, 0) is 0 Å². The smallest absolute Gasteiger partial charge is 0.290 e. The number of amides is 1. The van der Waals surface area contributed by atoms with E-state index in [2.05, 4.69) is 0 Å². The fourth-order valence-corrected chi connectivity index (χ4v) is 3.60. The van der Waals surface area contributed by atoms with Gasteiger partial charge in [-0.1, -0.05) is 6.07 Å². The van der Waals surface area contributed by atoms with Crippen molar-refractivity contribution in [1.29, 1.82) is 0 Å². The number of carbonyl (C=O) groups excluding carboxylic acids is 1. The maximum atomic E-state index is 13.3. The van der Waals surface area contributed by atoms with Crippen LogP contribution in [0, 0.1) is 13.8 Å². The standard InChI is InChI=1S/C21H19NO5/c1-10-7-13-15(8-11(10)2)27-20-17(19(13)24)18(22(3)21(20)25)12-5-6-14(23)16(9-12)26-4/h5-9,18,23H,1-4H3. The predicted molar refractivity (Wildman–Crippen MR) is 101 cm³/mol. The molecule has 1 aliphatic rings. The SMILES string of the molecule is COc1cc(C2c3c(oc4cc(C)c(C)cc4c3=O)C(=O)N2C)ccc1O. The molecule has 6 heteroatoms. The number of rotatable bonds is 2. The molecule has 0 radical (unpaired) electrons. The molecule has 0 bridgehead atoms. The molecule has 0 aliphatic carbocycles. The molecule has 3 aromatic rings. The highest BCUT2D eigenvalue weighted by atomic mass is 16.5. The predicted octanol–water partition coefficient (Wildman–Crippen LogP) is 3.30. The molecule has 2 heterocycles. The van der Waals surface area contributed by atoms with Gasteiger partial charge < -0.3 is 19.2 Å². The Balaban J connectivity index is 2.01. The second-order valence-electron chi connectivity index (χ2n) is 6.86. The second kappa shape index (κ2) is 5.87. The van der Waals surface area contributed by atoms with Gasteiger partial charge in [-0.2, -0.15) is 0 Å². The summed E-state index contributed by atoms with van der Waals surface area (Å²) in [6.07, 6.45) is 0. The van der Waals surface area contributed by atoms with Crippen molar-refractivity contribution in [3.63, 3.8) is 0 Å². The van der Waals surface area contributed by atoms with E-state index in [1.807, 2.05) is 13.8 Å². The topological polar surface area (TPSA) is 80.0 Å². The second-order valence-corrected chi connectivity index (χ2v) is 6.86. The first kappa shape index (κ1) is 17.1. The van der Waals surface area contributed by atoms with Crippen LogP contribution in [-0.4, -0.2) is 30.1 Å². The van der Waals surface area contributed by atoms with Gasteiger partial charge in [0, 0.05) is 7.05 Å². The molecule has 1 aromatic heterocycles. The average molecular weight is 365 g/mol. The summed E-state index contributed by atoms with van der Waals surface area (Å²) in [5.74, 6) is -0.0156. The molecule has 0 saturated carbocycles. The lowest BCUT2D eigenvalue weighted by Crippen LogP contribution is -2.25. The van der Waals surface area contributed by atoms with E-state index in [0.29, 0.717) is 22.1 Å².